The number of hydrogen-bond donors (Lipinski definition) is 0. The van der Waals surface area contributed by atoms with Gasteiger partial charge in [-0.05, 0) is 53.2 Å². The van der Waals surface area contributed by atoms with Gasteiger partial charge in [0.25, 0.3) is 0 Å². The number of nitrogens with zero attached hydrogens (tertiary/aromatic N) is 3. The van der Waals surface area contributed by atoms with Crippen LogP contribution in [0.5, 0.6) is 0 Å². The van der Waals surface area contributed by atoms with E-state index < -0.39 is 0 Å². The summed E-state index contributed by atoms with van der Waals surface area (Å²) < 4.78 is 2.02. The van der Waals surface area contributed by atoms with Crippen LogP contribution in [0.4, 0.5) is 0 Å². The molecule has 2 aromatic heterocycles. The Hall–Kier alpha value is -4.11. The van der Waals surface area contributed by atoms with Crippen molar-refractivity contribution in [1.29, 1.82) is 0 Å². The topological polar surface area (TPSA) is 29.7 Å². The molecule has 0 fully saturated rings. The van der Waals surface area contributed by atoms with Gasteiger partial charge in [0.1, 0.15) is 12.9 Å². The minimum Gasteiger partial charge on any atom is -0.242 e. The second-order valence-electron chi connectivity index (χ2n) is 8.80. The van der Waals surface area contributed by atoms with E-state index in [1.165, 1.54) is 27.8 Å². The summed E-state index contributed by atoms with van der Waals surface area (Å²) in [6.45, 7) is 12.3. The highest BCUT2D eigenvalue weighted by atomic mass is 14.9. The summed E-state index contributed by atoms with van der Waals surface area (Å²) >= 11 is 0. The van der Waals surface area contributed by atoms with Crippen LogP contribution in [-0.4, -0.2) is 9.97 Å². The first-order valence-electron chi connectivity index (χ1n) is 12.5. The van der Waals surface area contributed by atoms with Crippen molar-refractivity contribution >= 4 is 0 Å². The first-order valence-corrected chi connectivity index (χ1v) is 12.5. The van der Waals surface area contributed by atoms with E-state index in [1.807, 2.05) is 67.3 Å². The number of aromatic nitrogens is 3. The van der Waals surface area contributed by atoms with Crippen molar-refractivity contribution in [2.45, 2.75) is 41.5 Å². The predicted octanol–water partition coefficient (Wildman–Crippen LogP) is 7.90. The van der Waals surface area contributed by atoms with Crippen LogP contribution < -0.4 is 4.57 Å². The Morgan fingerprint density at radius 2 is 0.730 bits per heavy atom. The first-order chi connectivity index (χ1) is 17.8. The average Bonchev–Trinajstić information content (AvgIpc) is 2.90. The van der Waals surface area contributed by atoms with Gasteiger partial charge in [-0.25, -0.2) is 14.5 Å². The molecule has 0 N–H and O–H groups in total. The van der Waals surface area contributed by atoms with Gasteiger partial charge in [0.05, 0.1) is 0 Å². The molecule has 3 nitrogen and oxygen atoms in total. The summed E-state index contributed by atoms with van der Waals surface area (Å²) in [5.41, 5.74) is 6.61. The van der Waals surface area contributed by atoms with Gasteiger partial charge in [0.2, 0.25) is 0 Å². The second-order valence-corrected chi connectivity index (χ2v) is 8.80. The van der Waals surface area contributed by atoms with E-state index >= 15 is 0 Å². The third-order valence-electron chi connectivity index (χ3n) is 4.94. The molecule has 5 rings (SSSR count). The molecule has 0 aliphatic heterocycles. The number of benzene rings is 3. The van der Waals surface area contributed by atoms with Gasteiger partial charge < -0.3 is 0 Å². The van der Waals surface area contributed by atoms with Gasteiger partial charge in [-0.3, -0.25) is 0 Å². The SMILES string of the molecule is Cc1cc[n+](C)cc1.Cc1ccc(C)cc1.Cc1ccccc1.Cc1ccccc1.Cc1ncccn1. The van der Waals surface area contributed by atoms with Crippen LogP contribution in [0.3, 0.4) is 0 Å². The average molecular weight is 493 g/mol. The van der Waals surface area contributed by atoms with Gasteiger partial charge in [-0.1, -0.05) is 107 Å². The maximum Gasteiger partial charge on any atom is 0.168 e. The van der Waals surface area contributed by atoms with Crippen molar-refractivity contribution in [3.05, 3.63) is 162 Å². The summed E-state index contributed by atoms with van der Waals surface area (Å²) in [6.07, 6.45) is 7.52. The maximum absolute atomic E-state index is 3.87. The van der Waals surface area contributed by atoms with E-state index in [4.69, 9.17) is 0 Å². The molecule has 37 heavy (non-hydrogen) atoms. The minimum absolute atomic E-state index is 0.822. The van der Waals surface area contributed by atoms with Crippen molar-refractivity contribution in [2.75, 3.05) is 0 Å². The van der Waals surface area contributed by atoms with E-state index in [0.29, 0.717) is 0 Å². The fourth-order valence-electron chi connectivity index (χ4n) is 2.65. The number of aryl methyl sites for hydroxylation is 7. The van der Waals surface area contributed by atoms with Crippen LogP contribution in [0.1, 0.15) is 33.6 Å². The van der Waals surface area contributed by atoms with Crippen LogP contribution >= 0.6 is 0 Å². The third-order valence-corrected chi connectivity index (χ3v) is 4.94. The molecule has 0 amide bonds. The molecule has 5 aromatic rings. The summed E-state index contributed by atoms with van der Waals surface area (Å²) in [4.78, 5) is 7.74. The summed E-state index contributed by atoms with van der Waals surface area (Å²) in [6, 6.07) is 35.0. The summed E-state index contributed by atoms with van der Waals surface area (Å²) in [5.74, 6) is 0.822. The Bertz CT molecular complexity index is 1010. The van der Waals surface area contributed by atoms with E-state index in [0.717, 1.165) is 5.82 Å². The smallest absolute Gasteiger partial charge is 0.168 e. The molecule has 0 saturated heterocycles. The van der Waals surface area contributed by atoms with E-state index in [-0.39, 0.29) is 0 Å². The van der Waals surface area contributed by atoms with Gasteiger partial charge in [0, 0.05) is 24.5 Å². The highest BCUT2D eigenvalue weighted by molar-refractivity contribution is 5.19. The van der Waals surface area contributed by atoms with Gasteiger partial charge in [-0.2, -0.15) is 0 Å². The zero-order chi connectivity index (χ0) is 27.3. The Balaban J connectivity index is 0.000000232. The van der Waals surface area contributed by atoms with Gasteiger partial charge >= 0.3 is 0 Å². The molecule has 192 valence electrons. The predicted molar refractivity (Wildman–Crippen MR) is 157 cm³/mol. The van der Waals surface area contributed by atoms with Crippen LogP contribution in [0.25, 0.3) is 0 Å². The molecule has 0 radical (unpaired) electrons. The molecular formula is C34H42N3+. The highest BCUT2D eigenvalue weighted by Gasteiger charge is 1.86. The lowest BCUT2D eigenvalue weighted by atomic mass is 10.2. The monoisotopic (exact) mass is 492 g/mol. The molecule has 3 heteroatoms. The Morgan fingerprint density at radius 1 is 0.405 bits per heavy atom. The lowest BCUT2D eigenvalue weighted by molar-refractivity contribution is -0.671. The quantitative estimate of drug-likeness (QED) is 0.206. The maximum atomic E-state index is 3.87. The largest absolute Gasteiger partial charge is 0.242 e. The van der Waals surface area contributed by atoms with Crippen molar-refractivity contribution < 1.29 is 4.57 Å². The summed E-state index contributed by atoms with van der Waals surface area (Å²) in [7, 11) is 2.01. The van der Waals surface area contributed by atoms with Crippen molar-refractivity contribution in [2.24, 2.45) is 7.05 Å². The Morgan fingerprint density at radius 3 is 0.973 bits per heavy atom. The molecule has 0 bridgehead atoms. The fraction of sp³-hybridized carbons (Fsp3) is 0.206. The lowest BCUT2D eigenvalue weighted by Gasteiger charge is -1.90. The normalized spacial score (nSPS) is 8.95. The van der Waals surface area contributed by atoms with Crippen LogP contribution in [0.15, 0.2) is 128 Å². The Labute approximate surface area is 224 Å². The zero-order valence-electron chi connectivity index (χ0n) is 23.5. The molecule has 0 spiro atoms. The lowest BCUT2D eigenvalue weighted by Crippen LogP contribution is -2.25. The standard InChI is InChI=1S/C8H10.C7H10N.2C7H8.C5H6N2/c2*1-7-3-5-8(2)6-4-7;2*1-7-5-3-2-4-6-7;1-5-6-3-2-4-7-5/h2*3-6H,1-2H3;2*2-6H,1H3;2-4H,1H3/q;+1;;;. The molecule has 3 aromatic carbocycles. The first kappa shape index (κ1) is 30.9. The van der Waals surface area contributed by atoms with Crippen LogP contribution in [0.2, 0.25) is 0 Å². The third kappa shape index (κ3) is 17.9. The Kier molecular flexibility index (Phi) is 16.0. The van der Waals surface area contributed by atoms with Gasteiger partial charge in [0.15, 0.2) is 12.4 Å². The van der Waals surface area contributed by atoms with Crippen LogP contribution in [0, 0.1) is 41.5 Å². The molecule has 0 atom stereocenters. The van der Waals surface area contributed by atoms with E-state index in [1.54, 1.807) is 18.5 Å². The molecule has 0 unspecified atom stereocenters. The van der Waals surface area contributed by atoms with Crippen molar-refractivity contribution in [3.63, 3.8) is 0 Å². The number of hydrogen-bond acceptors (Lipinski definition) is 2. The molecule has 2 heterocycles. The highest BCUT2D eigenvalue weighted by Crippen LogP contribution is 1.99. The van der Waals surface area contributed by atoms with E-state index in [2.05, 4.69) is 105 Å². The van der Waals surface area contributed by atoms with E-state index in [9.17, 15) is 0 Å². The van der Waals surface area contributed by atoms with Crippen LogP contribution in [-0.2, 0) is 7.05 Å². The van der Waals surface area contributed by atoms with Gasteiger partial charge in [-0.15, -0.1) is 0 Å². The molecular weight excluding hydrogens is 450 g/mol. The van der Waals surface area contributed by atoms with Crippen molar-refractivity contribution in [3.8, 4) is 0 Å². The summed E-state index contributed by atoms with van der Waals surface area (Å²) in [5, 5.41) is 0. The molecule has 0 aliphatic carbocycles. The van der Waals surface area contributed by atoms with Crippen molar-refractivity contribution in [1.82, 2.24) is 9.97 Å². The second kappa shape index (κ2) is 19.1. The fourth-order valence-corrected chi connectivity index (χ4v) is 2.65. The number of pyridine rings is 1. The zero-order valence-corrected chi connectivity index (χ0v) is 23.5. The minimum atomic E-state index is 0.822. The molecule has 0 saturated carbocycles. The number of rotatable bonds is 0. The molecule has 0 aliphatic rings.